The van der Waals surface area contributed by atoms with E-state index in [9.17, 15) is 27.6 Å². The van der Waals surface area contributed by atoms with E-state index in [1.807, 2.05) is 0 Å². The highest BCUT2D eigenvalue weighted by atomic mass is 19.4. The Hall–Kier alpha value is -2.78. The molecular weight excluding hydrogens is 379 g/mol. The number of carbonyl (C=O) groups is 3. The van der Waals surface area contributed by atoms with E-state index in [4.69, 9.17) is 4.74 Å². The van der Waals surface area contributed by atoms with Crippen LogP contribution in [0.5, 0.6) is 0 Å². The number of likely N-dealkylation sites (tertiary alicyclic amines) is 1. The molecule has 1 aromatic carbocycles. The van der Waals surface area contributed by atoms with Crippen LogP contribution in [0.1, 0.15) is 25.8 Å². The fourth-order valence-corrected chi connectivity index (χ4v) is 4.20. The van der Waals surface area contributed by atoms with Gasteiger partial charge in [-0.15, -0.1) is 0 Å². The van der Waals surface area contributed by atoms with Crippen LogP contribution in [0.3, 0.4) is 0 Å². The van der Waals surface area contributed by atoms with Crippen LogP contribution in [0.15, 0.2) is 24.3 Å². The van der Waals surface area contributed by atoms with E-state index in [2.05, 4.69) is 0 Å². The average molecular weight is 397 g/mol. The lowest BCUT2D eigenvalue weighted by Gasteiger charge is -2.34. The second-order valence-electron chi connectivity index (χ2n) is 7.40. The minimum Gasteiger partial charge on any atom is -0.447 e. The van der Waals surface area contributed by atoms with Gasteiger partial charge in [0.1, 0.15) is 6.04 Å². The number of anilines is 1. The highest BCUT2D eigenvalue weighted by molar-refractivity contribution is 6.22. The first-order valence-electron chi connectivity index (χ1n) is 8.90. The van der Waals surface area contributed by atoms with Crippen molar-refractivity contribution >= 4 is 23.7 Å². The number of hydrogen-bond donors (Lipinski definition) is 0. The summed E-state index contributed by atoms with van der Waals surface area (Å²) in [7, 11) is 0. The summed E-state index contributed by atoms with van der Waals surface area (Å²) in [6.45, 7) is 3.65. The van der Waals surface area contributed by atoms with Crippen molar-refractivity contribution in [2.24, 2.45) is 0 Å². The first-order valence-corrected chi connectivity index (χ1v) is 8.90. The molecule has 0 radical (unpaired) electrons. The van der Waals surface area contributed by atoms with Crippen molar-refractivity contribution in [1.82, 2.24) is 9.80 Å². The first-order chi connectivity index (χ1) is 13.1. The maximum Gasteiger partial charge on any atom is 0.416 e. The summed E-state index contributed by atoms with van der Waals surface area (Å²) in [5.41, 5.74) is -1.07. The summed E-state index contributed by atoms with van der Waals surface area (Å²) in [5.74, 6) is -0.626. The molecule has 0 aromatic heterocycles. The highest BCUT2D eigenvalue weighted by Crippen LogP contribution is 2.43. The van der Waals surface area contributed by atoms with Crippen LogP contribution in [0.2, 0.25) is 0 Å². The van der Waals surface area contributed by atoms with Crippen LogP contribution in [0.25, 0.3) is 0 Å². The molecule has 10 heteroatoms. The average Bonchev–Trinajstić information content (AvgIpc) is 3.25. The van der Waals surface area contributed by atoms with Gasteiger partial charge in [0.15, 0.2) is 0 Å². The zero-order valence-corrected chi connectivity index (χ0v) is 15.1. The summed E-state index contributed by atoms with van der Waals surface area (Å²) in [6, 6.07) is 1.65. The number of hydrogen-bond acceptors (Lipinski definition) is 4. The SMILES string of the molecule is CC(C)OC(=O)N1C[C@@H]2C[C@H]1[C@@H]1C(=O)N(c3cccc(C(F)(F)F)c3)C(=O)N21. The molecule has 0 spiro atoms. The van der Waals surface area contributed by atoms with Crippen molar-refractivity contribution in [2.75, 3.05) is 11.4 Å². The number of nitrogens with zero attached hydrogens (tertiary/aromatic N) is 3. The normalized spacial score (nSPS) is 26.5. The van der Waals surface area contributed by atoms with E-state index < -0.39 is 41.9 Å². The Labute approximate surface area is 158 Å². The minimum atomic E-state index is -4.59. The van der Waals surface area contributed by atoms with Gasteiger partial charge in [-0.25, -0.2) is 14.5 Å². The first kappa shape index (κ1) is 18.6. The molecular formula is C18H18F3N3O4. The molecule has 1 aromatic rings. The predicted molar refractivity (Wildman–Crippen MR) is 90.5 cm³/mol. The fraction of sp³-hybridized carbons (Fsp3) is 0.500. The molecule has 4 amide bonds. The molecule has 3 fully saturated rings. The van der Waals surface area contributed by atoms with Gasteiger partial charge < -0.3 is 14.5 Å². The third kappa shape index (κ3) is 2.70. The van der Waals surface area contributed by atoms with Crippen LogP contribution in [0.4, 0.5) is 28.4 Å². The van der Waals surface area contributed by atoms with E-state index in [1.54, 1.807) is 13.8 Å². The lowest BCUT2D eigenvalue weighted by atomic mass is 10.1. The van der Waals surface area contributed by atoms with Crippen LogP contribution in [-0.4, -0.2) is 58.6 Å². The summed E-state index contributed by atoms with van der Waals surface area (Å²) >= 11 is 0. The number of fused-ring (bicyclic) bond motifs is 5. The quantitative estimate of drug-likeness (QED) is 0.720. The second kappa shape index (κ2) is 6.11. The molecule has 7 nitrogen and oxygen atoms in total. The molecule has 4 rings (SSSR count). The number of alkyl halides is 3. The maximum absolute atomic E-state index is 13.0. The molecule has 3 aliphatic rings. The van der Waals surface area contributed by atoms with Crippen molar-refractivity contribution < 1.29 is 32.3 Å². The molecule has 3 atom stereocenters. The Morgan fingerprint density at radius 3 is 2.61 bits per heavy atom. The molecule has 3 saturated heterocycles. The van der Waals surface area contributed by atoms with E-state index in [0.717, 1.165) is 23.1 Å². The number of amides is 4. The number of carbonyl (C=O) groups excluding carboxylic acids is 3. The van der Waals surface area contributed by atoms with Gasteiger partial charge >= 0.3 is 18.3 Å². The molecule has 3 heterocycles. The zero-order chi connectivity index (χ0) is 20.4. The van der Waals surface area contributed by atoms with Crippen LogP contribution >= 0.6 is 0 Å². The van der Waals surface area contributed by atoms with Crippen molar-refractivity contribution in [1.29, 1.82) is 0 Å². The monoisotopic (exact) mass is 397 g/mol. The van der Waals surface area contributed by atoms with E-state index >= 15 is 0 Å². The molecule has 0 aliphatic carbocycles. The Balaban J connectivity index is 1.62. The number of rotatable bonds is 2. The van der Waals surface area contributed by atoms with Crippen molar-refractivity contribution in [2.45, 2.75) is 50.7 Å². The number of halogens is 3. The largest absolute Gasteiger partial charge is 0.447 e. The molecule has 150 valence electrons. The number of piperazine rings is 1. The van der Waals surface area contributed by atoms with Gasteiger partial charge in [0.25, 0.3) is 5.91 Å². The van der Waals surface area contributed by atoms with E-state index in [1.165, 1.54) is 15.9 Å². The molecule has 2 bridgehead atoms. The summed E-state index contributed by atoms with van der Waals surface area (Å²) in [4.78, 5) is 41.6. The minimum absolute atomic E-state index is 0.130. The third-order valence-electron chi connectivity index (χ3n) is 5.27. The third-order valence-corrected chi connectivity index (χ3v) is 5.27. The predicted octanol–water partition coefficient (Wildman–Crippen LogP) is 2.84. The van der Waals surface area contributed by atoms with Gasteiger partial charge in [0.05, 0.1) is 29.4 Å². The molecule has 0 N–H and O–H groups in total. The lowest BCUT2D eigenvalue weighted by molar-refractivity contribution is -0.137. The lowest BCUT2D eigenvalue weighted by Crippen LogP contribution is -2.55. The summed E-state index contributed by atoms with van der Waals surface area (Å²) < 4.78 is 44.2. The Kier molecular flexibility index (Phi) is 4.06. The van der Waals surface area contributed by atoms with Gasteiger partial charge in [-0.05, 0) is 38.5 Å². The summed E-state index contributed by atoms with van der Waals surface area (Å²) in [5, 5.41) is 0. The number of urea groups is 1. The summed E-state index contributed by atoms with van der Waals surface area (Å²) in [6.07, 6.45) is -5.02. The van der Waals surface area contributed by atoms with Gasteiger partial charge in [0.2, 0.25) is 0 Å². The van der Waals surface area contributed by atoms with Crippen molar-refractivity contribution in [3.63, 3.8) is 0 Å². The van der Waals surface area contributed by atoms with Crippen molar-refractivity contribution in [3.05, 3.63) is 29.8 Å². The maximum atomic E-state index is 13.0. The van der Waals surface area contributed by atoms with E-state index in [-0.39, 0.29) is 24.4 Å². The topological polar surface area (TPSA) is 70.2 Å². The number of ether oxygens (including phenoxy) is 1. The van der Waals surface area contributed by atoms with Gasteiger partial charge in [-0.1, -0.05) is 6.07 Å². The second-order valence-corrected chi connectivity index (χ2v) is 7.40. The number of imide groups is 1. The van der Waals surface area contributed by atoms with E-state index in [0.29, 0.717) is 6.42 Å². The van der Waals surface area contributed by atoms with Gasteiger partial charge in [-0.3, -0.25) is 4.79 Å². The standard InChI is InChI=1S/C18H18F3N3O4/c1-9(2)28-17(27)22-8-12-7-13(22)14-15(25)24(16(26)23(12)14)11-5-3-4-10(6-11)18(19,20)21/h3-6,9,12-14H,7-8H2,1-2H3/t12-,13-,14+/m0/s1. The number of benzene rings is 1. The Morgan fingerprint density at radius 1 is 1.25 bits per heavy atom. The molecule has 3 aliphatic heterocycles. The molecule has 0 unspecified atom stereocenters. The van der Waals surface area contributed by atoms with Gasteiger partial charge in [-0.2, -0.15) is 13.2 Å². The highest BCUT2D eigenvalue weighted by Gasteiger charge is 2.63. The zero-order valence-electron chi connectivity index (χ0n) is 15.1. The smallest absolute Gasteiger partial charge is 0.416 e. The van der Waals surface area contributed by atoms with Crippen LogP contribution in [-0.2, 0) is 15.7 Å². The fourth-order valence-electron chi connectivity index (χ4n) is 4.20. The molecule has 0 saturated carbocycles. The van der Waals surface area contributed by atoms with Gasteiger partial charge in [0, 0.05) is 6.54 Å². The molecule has 28 heavy (non-hydrogen) atoms. The van der Waals surface area contributed by atoms with Crippen LogP contribution < -0.4 is 4.90 Å². The Bertz CT molecular complexity index is 857. The van der Waals surface area contributed by atoms with Crippen LogP contribution in [0, 0.1) is 0 Å². The Morgan fingerprint density at radius 2 is 1.96 bits per heavy atom. The van der Waals surface area contributed by atoms with Crippen molar-refractivity contribution in [3.8, 4) is 0 Å².